The Bertz CT molecular complexity index is 337. The zero-order chi connectivity index (χ0) is 11.5. The van der Waals surface area contributed by atoms with E-state index in [4.69, 9.17) is 4.74 Å². The van der Waals surface area contributed by atoms with Crippen molar-refractivity contribution in [2.45, 2.75) is 45.9 Å². The Hall–Kier alpha value is -0.870. The summed E-state index contributed by atoms with van der Waals surface area (Å²) in [6.45, 7) is 9.35. The second kappa shape index (κ2) is 4.97. The molecule has 0 aromatic carbocycles. The van der Waals surface area contributed by atoms with Gasteiger partial charge in [-0.15, -0.1) is 0 Å². The Balaban J connectivity index is 2.04. The summed E-state index contributed by atoms with van der Waals surface area (Å²) >= 11 is 0. The van der Waals surface area contributed by atoms with Crippen molar-refractivity contribution in [3.8, 4) is 0 Å². The minimum absolute atomic E-state index is 0.331. The highest BCUT2D eigenvalue weighted by Gasteiger charge is 2.21. The lowest BCUT2D eigenvalue weighted by atomic mass is 10.1. The monoisotopic (exact) mass is 223 g/mol. The second-order valence-corrected chi connectivity index (χ2v) is 4.77. The van der Waals surface area contributed by atoms with Gasteiger partial charge >= 0.3 is 0 Å². The molecule has 0 radical (unpaired) electrons. The van der Waals surface area contributed by atoms with Crippen LogP contribution in [-0.4, -0.2) is 40.4 Å². The summed E-state index contributed by atoms with van der Waals surface area (Å²) in [6.07, 6.45) is 3.37. The summed E-state index contributed by atoms with van der Waals surface area (Å²) in [5.74, 6) is 0. The van der Waals surface area contributed by atoms with Gasteiger partial charge in [0, 0.05) is 37.0 Å². The van der Waals surface area contributed by atoms with Crippen LogP contribution in [0.15, 0.2) is 6.20 Å². The molecule has 1 aromatic heterocycles. The molecule has 1 fully saturated rings. The third kappa shape index (κ3) is 2.62. The summed E-state index contributed by atoms with van der Waals surface area (Å²) in [4.78, 5) is 2.48. The van der Waals surface area contributed by atoms with E-state index in [2.05, 4.69) is 35.9 Å². The lowest BCUT2D eigenvalue weighted by Crippen LogP contribution is -2.35. The molecule has 0 spiro atoms. The Morgan fingerprint density at radius 2 is 2.38 bits per heavy atom. The van der Waals surface area contributed by atoms with Gasteiger partial charge < -0.3 is 4.74 Å². The molecule has 0 amide bonds. The number of aromatic nitrogens is 2. The van der Waals surface area contributed by atoms with Crippen molar-refractivity contribution in [1.29, 1.82) is 0 Å². The molecule has 90 valence electrons. The van der Waals surface area contributed by atoms with E-state index < -0.39 is 0 Å². The van der Waals surface area contributed by atoms with Crippen LogP contribution >= 0.6 is 0 Å². The van der Waals surface area contributed by atoms with Gasteiger partial charge in [0.15, 0.2) is 0 Å². The second-order valence-electron chi connectivity index (χ2n) is 4.77. The van der Waals surface area contributed by atoms with E-state index in [9.17, 15) is 0 Å². The molecule has 1 N–H and O–H groups in total. The first-order chi connectivity index (χ1) is 7.66. The maximum Gasteiger partial charge on any atom is 0.0674 e. The molecule has 0 saturated carbocycles. The van der Waals surface area contributed by atoms with Crippen molar-refractivity contribution < 1.29 is 4.74 Å². The van der Waals surface area contributed by atoms with Crippen molar-refractivity contribution in [2.75, 3.05) is 13.2 Å². The summed E-state index contributed by atoms with van der Waals surface area (Å²) in [5, 5.41) is 7.06. The van der Waals surface area contributed by atoms with Gasteiger partial charge in [0.1, 0.15) is 0 Å². The number of aryl methyl sites for hydroxylation is 1. The highest BCUT2D eigenvalue weighted by atomic mass is 16.5. The Kier molecular flexibility index (Phi) is 3.61. The van der Waals surface area contributed by atoms with Gasteiger partial charge in [0.2, 0.25) is 0 Å². The lowest BCUT2D eigenvalue weighted by molar-refractivity contribution is 0.0657. The molecule has 1 aliphatic rings. The predicted octanol–water partition coefficient (Wildman–Crippen LogP) is 1.72. The number of nitrogens with one attached hydrogen (secondary N) is 1. The maximum atomic E-state index is 5.69. The van der Waals surface area contributed by atoms with Gasteiger partial charge in [-0.05, 0) is 27.2 Å². The molecule has 0 bridgehead atoms. The molecule has 2 heterocycles. The third-order valence-corrected chi connectivity index (χ3v) is 3.36. The fourth-order valence-corrected chi connectivity index (χ4v) is 2.16. The van der Waals surface area contributed by atoms with E-state index in [0.717, 1.165) is 26.1 Å². The van der Waals surface area contributed by atoms with Crippen LogP contribution in [0.1, 0.15) is 31.5 Å². The first-order valence-corrected chi connectivity index (χ1v) is 6.01. The molecule has 1 aromatic rings. The highest BCUT2D eigenvalue weighted by molar-refractivity contribution is 5.14. The van der Waals surface area contributed by atoms with E-state index in [1.807, 2.05) is 6.20 Å². The van der Waals surface area contributed by atoms with E-state index >= 15 is 0 Å². The van der Waals surface area contributed by atoms with Crippen LogP contribution < -0.4 is 0 Å². The van der Waals surface area contributed by atoms with Gasteiger partial charge in [0.25, 0.3) is 0 Å². The van der Waals surface area contributed by atoms with Gasteiger partial charge in [-0.25, -0.2) is 0 Å². The molecule has 0 aliphatic carbocycles. The van der Waals surface area contributed by atoms with Crippen molar-refractivity contribution in [1.82, 2.24) is 15.1 Å². The Morgan fingerprint density at radius 1 is 1.56 bits per heavy atom. The molecule has 2 atom stereocenters. The molecule has 4 nitrogen and oxygen atoms in total. The van der Waals surface area contributed by atoms with E-state index in [1.54, 1.807) is 0 Å². The first-order valence-electron chi connectivity index (χ1n) is 6.01. The van der Waals surface area contributed by atoms with Crippen molar-refractivity contribution in [3.63, 3.8) is 0 Å². The lowest BCUT2D eigenvalue weighted by Gasteiger charge is -2.27. The molecule has 1 aliphatic heterocycles. The molecule has 0 unspecified atom stereocenters. The predicted molar refractivity (Wildman–Crippen MR) is 63.2 cm³/mol. The summed E-state index contributed by atoms with van der Waals surface area (Å²) in [5.41, 5.74) is 2.46. The van der Waals surface area contributed by atoms with Crippen LogP contribution in [0.2, 0.25) is 0 Å². The number of aromatic amines is 1. The SMILES string of the molecule is Cc1[nH]ncc1CN1C[C@@H](C)OCC[C@H]1C. The van der Waals surface area contributed by atoms with E-state index in [0.29, 0.717) is 12.1 Å². The van der Waals surface area contributed by atoms with Crippen molar-refractivity contribution in [2.24, 2.45) is 0 Å². The Labute approximate surface area is 97.0 Å². The standard InChI is InChI=1S/C12H21N3O/c1-9-4-5-16-10(2)7-15(9)8-12-6-13-14-11(12)3/h6,9-10H,4-5,7-8H2,1-3H3,(H,13,14)/t9-,10-/m1/s1. The van der Waals surface area contributed by atoms with E-state index in [1.165, 1.54) is 11.3 Å². The fraction of sp³-hybridized carbons (Fsp3) is 0.750. The smallest absolute Gasteiger partial charge is 0.0674 e. The average Bonchev–Trinajstić information content (AvgIpc) is 2.55. The number of hydrogen-bond donors (Lipinski definition) is 1. The molecule has 4 heteroatoms. The number of nitrogens with zero attached hydrogens (tertiary/aromatic N) is 2. The van der Waals surface area contributed by atoms with Crippen molar-refractivity contribution >= 4 is 0 Å². The average molecular weight is 223 g/mol. The number of H-pyrrole nitrogens is 1. The van der Waals surface area contributed by atoms with E-state index in [-0.39, 0.29) is 0 Å². The number of hydrogen-bond acceptors (Lipinski definition) is 3. The molecule has 1 saturated heterocycles. The maximum absolute atomic E-state index is 5.69. The molecule has 2 rings (SSSR count). The zero-order valence-electron chi connectivity index (χ0n) is 10.4. The van der Waals surface area contributed by atoms with Gasteiger partial charge in [0.05, 0.1) is 12.3 Å². The fourth-order valence-electron chi connectivity index (χ4n) is 2.16. The molecular weight excluding hydrogens is 202 g/mol. The normalized spacial score (nSPS) is 27.9. The van der Waals surface area contributed by atoms with Crippen LogP contribution in [-0.2, 0) is 11.3 Å². The highest BCUT2D eigenvalue weighted by Crippen LogP contribution is 2.16. The quantitative estimate of drug-likeness (QED) is 0.830. The number of ether oxygens (including phenoxy) is 1. The van der Waals surface area contributed by atoms with Crippen LogP contribution in [0.4, 0.5) is 0 Å². The molecular formula is C12H21N3O. The summed E-state index contributed by atoms with van der Waals surface area (Å²) in [7, 11) is 0. The summed E-state index contributed by atoms with van der Waals surface area (Å²) < 4.78 is 5.69. The van der Waals surface area contributed by atoms with Gasteiger partial charge in [-0.1, -0.05) is 0 Å². The van der Waals surface area contributed by atoms with Crippen LogP contribution in [0.5, 0.6) is 0 Å². The molecule has 16 heavy (non-hydrogen) atoms. The number of rotatable bonds is 2. The van der Waals surface area contributed by atoms with Gasteiger partial charge in [-0.3, -0.25) is 10.00 Å². The van der Waals surface area contributed by atoms with Crippen LogP contribution in [0, 0.1) is 6.92 Å². The first kappa shape index (κ1) is 11.6. The minimum atomic E-state index is 0.331. The van der Waals surface area contributed by atoms with Gasteiger partial charge in [-0.2, -0.15) is 5.10 Å². The van der Waals surface area contributed by atoms with Crippen LogP contribution in [0.25, 0.3) is 0 Å². The van der Waals surface area contributed by atoms with Crippen molar-refractivity contribution in [3.05, 3.63) is 17.5 Å². The zero-order valence-corrected chi connectivity index (χ0v) is 10.4. The third-order valence-electron chi connectivity index (χ3n) is 3.36. The Morgan fingerprint density at radius 3 is 3.06 bits per heavy atom. The largest absolute Gasteiger partial charge is 0.377 e. The topological polar surface area (TPSA) is 41.2 Å². The summed E-state index contributed by atoms with van der Waals surface area (Å²) in [6, 6.07) is 0.583. The minimum Gasteiger partial charge on any atom is -0.377 e. The van der Waals surface area contributed by atoms with Crippen LogP contribution in [0.3, 0.4) is 0 Å².